The smallest absolute Gasteiger partial charge is 0.242 e. The van der Waals surface area contributed by atoms with Gasteiger partial charge in [0.1, 0.15) is 17.6 Å². The van der Waals surface area contributed by atoms with Gasteiger partial charge in [0.2, 0.25) is 5.91 Å². The Morgan fingerprint density at radius 2 is 1.77 bits per heavy atom. The summed E-state index contributed by atoms with van der Waals surface area (Å²) in [5, 5.41) is 0. The van der Waals surface area contributed by atoms with Gasteiger partial charge in [0.15, 0.2) is 0 Å². The average Bonchev–Trinajstić information content (AvgIpc) is 2.56. The lowest BCUT2D eigenvalue weighted by Gasteiger charge is -2.45. The van der Waals surface area contributed by atoms with Gasteiger partial charge in [-0.3, -0.25) is 4.79 Å². The minimum absolute atomic E-state index is 0.0925. The van der Waals surface area contributed by atoms with Gasteiger partial charge < -0.3 is 15.4 Å². The fraction of sp³-hybridized carbons (Fsp3) is 0.235. The molecule has 2 N–H and O–H groups in total. The number of nitrogens with zero attached hydrogens (tertiary/aromatic N) is 1. The molecule has 0 saturated carbocycles. The lowest BCUT2D eigenvalue weighted by atomic mass is 9.88. The Bertz CT molecular complexity index is 670. The summed E-state index contributed by atoms with van der Waals surface area (Å²) < 4.78 is 18.1. The van der Waals surface area contributed by atoms with Gasteiger partial charge in [-0.1, -0.05) is 24.3 Å². The number of nitrogens with two attached hydrogens (primary N) is 1. The highest BCUT2D eigenvalue weighted by molar-refractivity contribution is 5.89. The van der Waals surface area contributed by atoms with Crippen LogP contribution in [0.25, 0.3) is 0 Å². The van der Waals surface area contributed by atoms with Gasteiger partial charge in [0.25, 0.3) is 0 Å². The Morgan fingerprint density at radius 3 is 2.36 bits per heavy atom. The molecular weight excluding hydrogens is 283 g/mol. The van der Waals surface area contributed by atoms with Crippen LogP contribution in [0, 0.1) is 5.82 Å². The Labute approximate surface area is 128 Å². The Morgan fingerprint density at radius 1 is 1.14 bits per heavy atom. The molecule has 1 fully saturated rings. The van der Waals surface area contributed by atoms with E-state index in [0.29, 0.717) is 6.54 Å². The molecule has 1 aliphatic heterocycles. The van der Waals surface area contributed by atoms with Crippen LogP contribution in [0.3, 0.4) is 0 Å². The number of likely N-dealkylation sites (tertiary alicyclic amines) is 1. The van der Waals surface area contributed by atoms with E-state index in [9.17, 15) is 9.18 Å². The largest absolute Gasteiger partial charge is 0.497 e. The third-order valence-corrected chi connectivity index (χ3v) is 3.97. The number of methoxy groups -OCH3 is 1. The fourth-order valence-corrected chi connectivity index (χ4v) is 2.73. The quantitative estimate of drug-likeness (QED) is 0.881. The topological polar surface area (TPSA) is 55.6 Å². The number of halogens is 1. The summed E-state index contributed by atoms with van der Waals surface area (Å²) >= 11 is 0. The normalized spacial score (nSPS) is 20.7. The molecular formula is C17H17FN2O2. The Hall–Kier alpha value is -2.40. The van der Waals surface area contributed by atoms with Crippen molar-refractivity contribution in [3.8, 4) is 5.75 Å². The van der Waals surface area contributed by atoms with E-state index in [1.54, 1.807) is 24.1 Å². The molecule has 2 aromatic carbocycles. The zero-order valence-corrected chi connectivity index (χ0v) is 12.2. The third-order valence-electron chi connectivity index (χ3n) is 3.97. The third kappa shape index (κ3) is 2.55. The second kappa shape index (κ2) is 5.77. The SMILES string of the molecule is COc1ccc([C@@H]2[C@@H](N)C(=O)N2Cc2ccc(F)cc2)cc1. The van der Waals surface area contributed by atoms with Crippen LogP contribution >= 0.6 is 0 Å². The highest BCUT2D eigenvalue weighted by Gasteiger charge is 2.45. The molecule has 0 aliphatic carbocycles. The lowest BCUT2D eigenvalue weighted by molar-refractivity contribution is -0.150. The van der Waals surface area contributed by atoms with E-state index in [0.717, 1.165) is 16.9 Å². The van der Waals surface area contributed by atoms with Crippen LogP contribution < -0.4 is 10.5 Å². The molecule has 1 aliphatic rings. The van der Waals surface area contributed by atoms with Crippen molar-refractivity contribution in [1.29, 1.82) is 0 Å². The highest BCUT2D eigenvalue weighted by atomic mass is 19.1. The summed E-state index contributed by atoms with van der Waals surface area (Å²) in [6.07, 6.45) is 0. The summed E-state index contributed by atoms with van der Waals surface area (Å²) in [7, 11) is 1.61. The van der Waals surface area contributed by atoms with Gasteiger partial charge in [-0.15, -0.1) is 0 Å². The molecule has 0 radical (unpaired) electrons. The molecule has 0 aromatic heterocycles. The summed E-state index contributed by atoms with van der Waals surface area (Å²) in [4.78, 5) is 13.7. The first kappa shape index (κ1) is 14.5. The van der Waals surface area contributed by atoms with Crippen molar-refractivity contribution in [3.63, 3.8) is 0 Å². The van der Waals surface area contributed by atoms with Crippen molar-refractivity contribution in [2.75, 3.05) is 7.11 Å². The Kier molecular flexibility index (Phi) is 3.81. The van der Waals surface area contributed by atoms with Crippen LogP contribution in [0.4, 0.5) is 4.39 Å². The monoisotopic (exact) mass is 300 g/mol. The second-order valence-corrected chi connectivity index (χ2v) is 5.34. The summed E-state index contributed by atoms with van der Waals surface area (Å²) in [6.45, 7) is 0.420. The second-order valence-electron chi connectivity index (χ2n) is 5.34. The van der Waals surface area contributed by atoms with Gasteiger partial charge in [-0.25, -0.2) is 4.39 Å². The number of ether oxygens (including phenoxy) is 1. The number of β-lactam (4-membered cyclic amide) rings is 1. The minimum atomic E-state index is -0.533. The first-order valence-corrected chi connectivity index (χ1v) is 7.04. The highest BCUT2D eigenvalue weighted by Crippen LogP contribution is 2.35. The van der Waals surface area contributed by atoms with Crippen LogP contribution in [-0.2, 0) is 11.3 Å². The molecule has 1 saturated heterocycles. The van der Waals surface area contributed by atoms with Crippen molar-refractivity contribution < 1.29 is 13.9 Å². The van der Waals surface area contributed by atoms with E-state index in [4.69, 9.17) is 10.5 Å². The molecule has 0 bridgehead atoms. The number of carbonyl (C=O) groups excluding carboxylic acids is 1. The summed E-state index contributed by atoms with van der Waals surface area (Å²) in [6, 6.07) is 13.0. The molecule has 1 amide bonds. The fourth-order valence-electron chi connectivity index (χ4n) is 2.73. The number of amides is 1. The lowest BCUT2D eigenvalue weighted by Crippen LogP contribution is -2.62. The summed E-state index contributed by atoms with van der Waals surface area (Å²) in [5.74, 6) is 0.375. The number of hydrogen-bond acceptors (Lipinski definition) is 3. The van der Waals surface area contributed by atoms with Gasteiger partial charge in [-0.2, -0.15) is 0 Å². The van der Waals surface area contributed by atoms with Crippen molar-refractivity contribution in [2.45, 2.75) is 18.6 Å². The van der Waals surface area contributed by atoms with Crippen LogP contribution in [-0.4, -0.2) is 24.0 Å². The zero-order valence-electron chi connectivity index (χ0n) is 12.2. The predicted molar refractivity (Wildman–Crippen MR) is 80.7 cm³/mol. The molecule has 0 spiro atoms. The van der Waals surface area contributed by atoms with E-state index in [-0.39, 0.29) is 17.8 Å². The maximum absolute atomic E-state index is 13.0. The van der Waals surface area contributed by atoms with Crippen molar-refractivity contribution >= 4 is 5.91 Å². The van der Waals surface area contributed by atoms with E-state index < -0.39 is 6.04 Å². The molecule has 22 heavy (non-hydrogen) atoms. The van der Waals surface area contributed by atoms with E-state index in [2.05, 4.69) is 0 Å². The van der Waals surface area contributed by atoms with Crippen molar-refractivity contribution in [2.24, 2.45) is 5.73 Å². The first-order valence-electron chi connectivity index (χ1n) is 7.04. The van der Waals surface area contributed by atoms with Crippen LogP contribution in [0.1, 0.15) is 17.2 Å². The number of benzene rings is 2. The van der Waals surface area contributed by atoms with Gasteiger partial charge in [0.05, 0.1) is 13.2 Å². The molecule has 5 heteroatoms. The van der Waals surface area contributed by atoms with Crippen molar-refractivity contribution in [1.82, 2.24) is 4.90 Å². The Balaban J connectivity index is 1.79. The minimum Gasteiger partial charge on any atom is -0.497 e. The van der Waals surface area contributed by atoms with Crippen LogP contribution in [0.15, 0.2) is 48.5 Å². The molecule has 3 rings (SSSR count). The zero-order chi connectivity index (χ0) is 15.7. The first-order chi connectivity index (χ1) is 10.6. The maximum atomic E-state index is 13.0. The van der Waals surface area contributed by atoms with E-state index >= 15 is 0 Å². The molecule has 2 aromatic rings. The van der Waals surface area contributed by atoms with Crippen LogP contribution in [0.5, 0.6) is 5.75 Å². The predicted octanol–water partition coefficient (Wildman–Crippen LogP) is 2.25. The maximum Gasteiger partial charge on any atom is 0.242 e. The molecule has 0 unspecified atom stereocenters. The van der Waals surface area contributed by atoms with Crippen molar-refractivity contribution in [3.05, 3.63) is 65.5 Å². The standard InChI is InChI=1S/C17H17FN2O2/c1-22-14-8-4-12(5-9-14)16-15(19)17(21)20(16)10-11-2-6-13(18)7-3-11/h2-9,15-16H,10,19H2,1H3/t15-,16-/m1/s1. The molecule has 114 valence electrons. The molecule has 2 atom stereocenters. The van der Waals surface area contributed by atoms with E-state index in [1.165, 1.54) is 12.1 Å². The van der Waals surface area contributed by atoms with Gasteiger partial charge in [0, 0.05) is 6.54 Å². The van der Waals surface area contributed by atoms with Crippen LogP contribution in [0.2, 0.25) is 0 Å². The average molecular weight is 300 g/mol. The number of rotatable bonds is 4. The summed E-state index contributed by atoms with van der Waals surface area (Å²) in [5.41, 5.74) is 7.80. The van der Waals surface area contributed by atoms with Gasteiger partial charge >= 0.3 is 0 Å². The number of carbonyl (C=O) groups is 1. The number of hydrogen-bond donors (Lipinski definition) is 1. The molecule has 4 nitrogen and oxygen atoms in total. The van der Waals surface area contributed by atoms with Gasteiger partial charge in [-0.05, 0) is 35.4 Å². The molecule has 1 heterocycles. The van der Waals surface area contributed by atoms with E-state index in [1.807, 2.05) is 24.3 Å².